The first kappa shape index (κ1) is 17.6. The van der Waals surface area contributed by atoms with Crippen LogP contribution in [-0.4, -0.2) is 38.6 Å². The van der Waals surface area contributed by atoms with Crippen molar-refractivity contribution >= 4 is 28.8 Å². The van der Waals surface area contributed by atoms with Gasteiger partial charge in [0.2, 0.25) is 11.9 Å². The van der Waals surface area contributed by atoms with E-state index in [1.165, 1.54) is 0 Å². The fourth-order valence-electron chi connectivity index (χ4n) is 3.11. The molecule has 8 nitrogen and oxygen atoms in total. The van der Waals surface area contributed by atoms with Gasteiger partial charge in [0.05, 0.1) is 12.4 Å². The Hall–Kier alpha value is -2.22. The lowest BCUT2D eigenvalue weighted by Crippen LogP contribution is -2.20. The summed E-state index contributed by atoms with van der Waals surface area (Å²) in [5, 5.41) is 5.79. The molecular formula is C17H26N6O2. The maximum absolute atomic E-state index is 12.0. The Morgan fingerprint density at radius 1 is 1.44 bits per heavy atom. The van der Waals surface area contributed by atoms with Crippen LogP contribution in [0.5, 0.6) is 0 Å². The molecule has 136 valence electrons. The van der Waals surface area contributed by atoms with Crippen molar-refractivity contribution in [3.63, 3.8) is 0 Å². The number of carbonyl (C=O) groups is 1. The second kappa shape index (κ2) is 6.95. The molecule has 0 bridgehead atoms. The Bertz CT molecular complexity index is 772. The normalized spacial score (nSPS) is 23.4. The van der Waals surface area contributed by atoms with Gasteiger partial charge >= 0.3 is 0 Å². The summed E-state index contributed by atoms with van der Waals surface area (Å²) in [6, 6.07) is 0. The van der Waals surface area contributed by atoms with E-state index >= 15 is 0 Å². The molecule has 2 aromatic heterocycles. The molecule has 3 rings (SSSR count). The molecule has 2 aromatic rings. The molecule has 0 spiro atoms. The van der Waals surface area contributed by atoms with E-state index in [-0.39, 0.29) is 30.1 Å². The zero-order chi connectivity index (χ0) is 18.1. The highest BCUT2D eigenvalue weighted by atomic mass is 16.5. The number of imidazole rings is 1. The Morgan fingerprint density at radius 3 is 2.80 bits per heavy atom. The largest absolute Gasteiger partial charge is 0.371 e. The van der Waals surface area contributed by atoms with Crippen LogP contribution in [0.4, 0.5) is 11.8 Å². The topological polar surface area (TPSA) is 94.0 Å². The summed E-state index contributed by atoms with van der Waals surface area (Å²) in [6.07, 6.45) is 3.89. The third-order valence-electron chi connectivity index (χ3n) is 4.60. The summed E-state index contributed by atoms with van der Waals surface area (Å²) in [5.41, 5.74) is 1.33. The Morgan fingerprint density at radius 2 is 2.20 bits per heavy atom. The zero-order valence-electron chi connectivity index (χ0n) is 15.4. The van der Waals surface area contributed by atoms with Gasteiger partial charge in [0.1, 0.15) is 6.23 Å². The van der Waals surface area contributed by atoms with Gasteiger partial charge in [-0.1, -0.05) is 27.7 Å². The van der Waals surface area contributed by atoms with Crippen molar-refractivity contribution in [2.45, 2.75) is 52.9 Å². The van der Waals surface area contributed by atoms with Crippen molar-refractivity contribution in [2.75, 3.05) is 17.7 Å². The highest BCUT2D eigenvalue weighted by Gasteiger charge is 2.34. The average Bonchev–Trinajstić information content (AvgIpc) is 3.16. The van der Waals surface area contributed by atoms with Gasteiger partial charge in [0.25, 0.3) is 0 Å². The highest BCUT2D eigenvalue weighted by Crippen LogP contribution is 2.37. The van der Waals surface area contributed by atoms with E-state index in [1.807, 2.05) is 18.4 Å². The first-order valence-electron chi connectivity index (χ1n) is 8.83. The molecule has 0 radical (unpaired) electrons. The fraction of sp³-hybridized carbons (Fsp3) is 0.647. The van der Waals surface area contributed by atoms with Crippen LogP contribution in [0.3, 0.4) is 0 Å². The minimum Gasteiger partial charge on any atom is -0.371 e. The summed E-state index contributed by atoms with van der Waals surface area (Å²) in [4.78, 5) is 25.4. The first-order chi connectivity index (χ1) is 11.9. The smallest absolute Gasteiger partial charge is 0.233 e. The molecular weight excluding hydrogens is 320 g/mol. The fourth-order valence-corrected chi connectivity index (χ4v) is 3.11. The molecule has 1 aliphatic rings. The number of aromatic nitrogens is 4. The predicted octanol–water partition coefficient (Wildman–Crippen LogP) is 2.80. The number of nitrogens with zero attached hydrogens (tertiary/aromatic N) is 4. The number of ether oxygens (including phenoxy) is 1. The Kier molecular flexibility index (Phi) is 4.89. The number of carbonyl (C=O) groups excluding carboxylic acids is 1. The van der Waals surface area contributed by atoms with Crippen LogP contribution in [0.1, 0.15) is 46.8 Å². The molecule has 25 heavy (non-hydrogen) atoms. The number of nitrogens with one attached hydrogen (secondary N) is 2. The van der Waals surface area contributed by atoms with E-state index in [0.717, 1.165) is 12.8 Å². The molecule has 0 aromatic carbocycles. The summed E-state index contributed by atoms with van der Waals surface area (Å²) in [6.45, 7) is 7.96. The van der Waals surface area contributed by atoms with Gasteiger partial charge in [-0.2, -0.15) is 9.97 Å². The monoisotopic (exact) mass is 346 g/mol. The molecule has 1 amide bonds. The molecule has 0 unspecified atom stereocenters. The summed E-state index contributed by atoms with van der Waals surface area (Å²) in [5.74, 6) is 0.953. The van der Waals surface area contributed by atoms with Crippen molar-refractivity contribution < 1.29 is 9.53 Å². The van der Waals surface area contributed by atoms with Crippen LogP contribution in [0.25, 0.3) is 11.2 Å². The molecule has 0 aliphatic carbocycles. The molecule has 2 N–H and O–H groups in total. The highest BCUT2D eigenvalue weighted by molar-refractivity contribution is 5.92. The molecule has 3 atom stereocenters. The summed E-state index contributed by atoms with van der Waals surface area (Å²) < 4.78 is 8.11. The van der Waals surface area contributed by atoms with Gasteiger partial charge in [-0.05, 0) is 12.8 Å². The summed E-state index contributed by atoms with van der Waals surface area (Å²) >= 11 is 0. The lowest BCUT2D eigenvalue weighted by Gasteiger charge is -2.18. The summed E-state index contributed by atoms with van der Waals surface area (Å²) in [7, 11) is 1.77. The van der Waals surface area contributed by atoms with Crippen LogP contribution in [0.2, 0.25) is 0 Å². The van der Waals surface area contributed by atoms with Crippen molar-refractivity contribution in [3.8, 4) is 0 Å². The van der Waals surface area contributed by atoms with Crippen LogP contribution in [0, 0.1) is 11.8 Å². The molecule has 8 heteroatoms. The molecule has 3 heterocycles. The van der Waals surface area contributed by atoms with E-state index in [4.69, 9.17) is 4.74 Å². The van der Waals surface area contributed by atoms with Gasteiger partial charge in [-0.15, -0.1) is 0 Å². The minimum absolute atomic E-state index is 0.108. The lowest BCUT2D eigenvalue weighted by molar-refractivity contribution is -0.118. The predicted molar refractivity (Wildman–Crippen MR) is 96.3 cm³/mol. The number of hydrogen-bond acceptors (Lipinski definition) is 6. The molecule has 1 fully saturated rings. The zero-order valence-corrected chi connectivity index (χ0v) is 15.4. The maximum Gasteiger partial charge on any atom is 0.233 e. The van der Waals surface area contributed by atoms with Gasteiger partial charge in [0, 0.05) is 18.9 Å². The van der Waals surface area contributed by atoms with E-state index in [0.29, 0.717) is 22.9 Å². The number of rotatable bonds is 5. The van der Waals surface area contributed by atoms with Crippen molar-refractivity contribution in [1.29, 1.82) is 0 Å². The third kappa shape index (κ3) is 3.30. The Balaban J connectivity index is 2.02. The lowest BCUT2D eigenvalue weighted by atomic mass is 10.0. The van der Waals surface area contributed by atoms with Crippen LogP contribution >= 0.6 is 0 Å². The van der Waals surface area contributed by atoms with Gasteiger partial charge in [-0.3, -0.25) is 14.7 Å². The minimum atomic E-state index is -0.147. The third-order valence-corrected chi connectivity index (χ3v) is 4.60. The standard InChI is InChI=1S/C17H26N6O2/c1-6-11-7-10(4)16(25-11)23-8-19-12-13(18-5)20-17(21-14(12)23)22-15(24)9(2)3/h8-11,16H,6-7H2,1-5H3,(H2,18,20,21,22,24)/t10-,11+,16+/m0/s1. The van der Waals surface area contributed by atoms with Crippen molar-refractivity contribution in [3.05, 3.63) is 6.33 Å². The van der Waals surface area contributed by atoms with Crippen LogP contribution < -0.4 is 10.6 Å². The van der Waals surface area contributed by atoms with Crippen LogP contribution in [-0.2, 0) is 9.53 Å². The van der Waals surface area contributed by atoms with Gasteiger partial charge < -0.3 is 10.1 Å². The van der Waals surface area contributed by atoms with Crippen LogP contribution in [0.15, 0.2) is 6.33 Å². The van der Waals surface area contributed by atoms with E-state index in [1.54, 1.807) is 13.4 Å². The maximum atomic E-state index is 12.0. The number of hydrogen-bond donors (Lipinski definition) is 2. The molecule has 1 saturated heterocycles. The molecule has 1 aliphatic heterocycles. The van der Waals surface area contributed by atoms with E-state index in [9.17, 15) is 4.79 Å². The number of fused-ring (bicyclic) bond motifs is 1. The van der Waals surface area contributed by atoms with Gasteiger partial charge in [0.15, 0.2) is 17.0 Å². The van der Waals surface area contributed by atoms with E-state index in [2.05, 4.69) is 39.4 Å². The number of anilines is 2. The first-order valence-corrected chi connectivity index (χ1v) is 8.83. The second-order valence-electron chi connectivity index (χ2n) is 6.88. The van der Waals surface area contributed by atoms with E-state index < -0.39 is 0 Å². The van der Waals surface area contributed by atoms with Crippen molar-refractivity contribution in [1.82, 2.24) is 19.5 Å². The quantitative estimate of drug-likeness (QED) is 0.864. The van der Waals surface area contributed by atoms with Gasteiger partial charge in [-0.25, -0.2) is 4.98 Å². The molecule has 0 saturated carbocycles. The second-order valence-corrected chi connectivity index (χ2v) is 6.88. The average molecular weight is 346 g/mol. The number of amides is 1. The SMILES string of the molecule is CC[C@@H]1C[C@H](C)[C@H](n2cnc3c(NC)nc(NC(=O)C(C)C)nc32)O1. The Labute approximate surface area is 147 Å². The van der Waals surface area contributed by atoms with Crippen molar-refractivity contribution in [2.24, 2.45) is 11.8 Å².